The molecule has 2 aliphatic rings. The van der Waals surface area contributed by atoms with Crippen molar-refractivity contribution in [2.24, 2.45) is 0 Å². The molecule has 0 spiro atoms. The Balaban J connectivity index is 1.60. The highest BCUT2D eigenvalue weighted by atomic mass is 32.2. The number of hydrogen-bond donors (Lipinski definition) is 1. The van der Waals surface area contributed by atoms with E-state index in [4.69, 9.17) is 0 Å². The molecule has 2 fully saturated rings. The van der Waals surface area contributed by atoms with Gasteiger partial charge in [0.2, 0.25) is 10.0 Å². The number of halogens is 1. The Labute approximate surface area is 189 Å². The van der Waals surface area contributed by atoms with E-state index in [0.29, 0.717) is 49.7 Å². The van der Waals surface area contributed by atoms with Gasteiger partial charge in [0.25, 0.3) is 0 Å². The first kappa shape index (κ1) is 22.9. The first-order valence-corrected chi connectivity index (χ1v) is 12.7. The predicted molar refractivity (Wildman–Crippen MR) is 121 cm³/mol. The monoisotopic (exact) mass is 456 g/mol. The van der Waals surface area contributed by atoms with Crippen molar-refractivity contribution in [2.75, 3.05) is 0 Å². The molecule has 2 aromatic rings. The van der Waals surface area contributed by atoms with Crippen LogP contribution in [0.15, 0.2) is 48.5 Å². The SMILES string of the molecule is CC1CCC(c2ccccc2)S(=O)(=O)N1Cc1ccc(C2(C#N)CCC(O)CC2)cc1F. The van der Waals surface area contributed by atoms with Crippen molar-refractivity contribution in [2.45, 2.75) is 74.8 Å². The van der Waals surface area contributed by atoms with E-state index in [1.54, 1.807) is 12.1 Å². The molecule has 2 atom stereocenters. The summed E-state index contributed by atoms with van der Waals surface area (Å²) >= 11 is 0. The maximum atomic E-state index is 15.2. The van der Waals surface area contributed by atoms with Gasteiger partial charge in [0.1, 0.15) is 11.1 Å². The Morgan fingerprint density at radius 2 is 1.81 bits per heavy atom. The summed E-state index contributed by atoms with van der Waals surface area (Å²) in [5.74, 6) is -0.493. The first-order valence-electron chi connectivity index (χ1n) is 11.2. The van der Waals surface area contributed by atoms with E-state index < -0.39 is 32.6 Å². The van der Waals surface area contributed by atoms with Gasteiger partial charge in [-0.1, -0.05) is 42.5 Å². The van der Waals surface area contributed by atoms with Gasteiger partial charge in [0.05, 0.1) is 17.6 Å². The van der Waals surface area contributed by atoms with Crippen LogP contribution in [-0.4, -0.2) is 30.0 Å². The van der Waals surface area contributed by atoms with Gasteiger partial charge in [0.15, 0.2) is 0 Å². The number of aliphatic hydroxyl groups is 1. The summed E-state index contributed by atoms with van der Waals surface area (Å²) in [6, 6.07) is 16.0. The minimum atomic E-state index is -3.65. The second kappa shape index (κ2) is 8.93. The smallest absolute Gasteiger partial charge is 0.221 e. The van der Waals surface area contributed by atoms with Gasteiger partial charge in [-0.25, -0.2) is 12.8 Å². The molecule has 1 aliphatic heterocycles. The van der Waals surface area contributed by atoms with E-state index in [1.165, 1.54) is 10.4 Å². The van der Waals surface area contributed by atoms with Crippen molar-refractivity contribution < 1.29 is 17.9 Å². The van der Waals surface area contributed by atoms with E-state index in [2.05, 4.69) is 6.07 Å². The summed E-state index contributed by atoms with van der Waals surface area (Å²) in [7, 11) is -3.65. The number of nitrogens with zero attached hydrogens (tertiary/aromatic N) is 2. The molecule has 32 heavy (non-hydrogen) atoms. The molecule has 2 unspecified atom stereocenters. The van der Waals surface area contributed by atoms with Crippen LogP contribution in [0.4, 0.5) is 4.39 Å². The number of hydrogen-bond acceptors (Lipinski definition) is 4. The number of nitriles is 1. The minimum absolute atomic E-state index is 0.0305. The molecular weight excluding hydrogens is 427 g/mol. The van der Waals surface area contributed by atoms with Crippen molar-refractivity contribution in [1.82, 2.24) is 4.31 Å². The van der Waals surface area contributed by atoms with Crippen molar-refractivity contribution in [3.05, 3.63) is 71.0 Å². The molecule has 7 heteroatoms. The number of rotatable bonds is 4. The van der Waals surface area contributed by atoms with Gasteiger partial charge in [-0.05, 0) is 62.6 Å². The lowest BCUT2D eigenvalue weighted by atomic mass is 9.69. The van der Waals surface area contributed by atoms with Crippen LogP contribution < -0.4 is 0 Å². The van der Waals surface area contributed by atoms with Gasteiger partial charge in [-0.2, -0.15) is 9.57 Å². The Morgan fingerprint density at radius 3 is 2.44 bits per heavy atom. The van der Waals surface area contributed by atoms with Crippen LogP contribution in [0.25, 0.3) is 0 Å². The van der Waals surface area contributed by atoms with Crippen LogP contribution in [-0.2, 0) is 22.0 Å². The Morgan fingerprint density at radius 1 is 1.12 bits per heavy atom. The minimum Gasteiger partial charge on any atom is -0.393 e. The van der Waals surface area contributed by atoms with Crippen LogP contribution in [0.5, 0.6) is 0 Å². The molecule has 1 aliphatic carbocycles. The summed E-state index contributed by atoms with van der Waals surface area (Å²) < 4.78 is 43.4. The molecule has 0 amide bonds. The van der Waals surface area contributed by atoms with E-state index in [1.807, 2.05) is 37.3 Å². The highest BCUT2D eigenvalue weighted by Crippen LogP contribution is 2.41. The fourth-order valence-corrected chi connectivity index (χ4v) is 7.24. The Bertz CT molecular complexity index is 1110. The predicted octanol–water partition coefficient (Wildman–Crippen LogP) is 4.58. The fraction of sp³-hybridized carbons (Fsp3) is 0.480. The van der Waals surface area contributed by atoms with Crippen molar-refractivity contribution >= 4 is 10.0 Å². The summed E-state index contributed by atoms with van der Waals surface area (Å²) in [5.41, 5.74) is 0.865. The maximum absolute atomic E-state index is 15.2. The van der Waals surface area contributed by atoms with E-state index >= 15 is 4.39 Å². The van der Waals surface area contributed by atoms with Crippen LogP contribution in [0.1, 0.15) is 67.4 Å². The summed E-state index contributed by atoms with van der Waals surface area (Å²) in [5, 5.41) is 19.0. The molecule has 0 radical (unpaired) electrons. The van der Waals surface area contributed by atoms with E-state index in [9.17, 15) is 18.8 Å². The molecule has 1 saturated carbocycles. The quantitative estimate of drug-likeness (QED) is 0.730. The van der Waals surface area contributed by atoms with E-state index in [-0.39, 0.29) is 12.6 Å². The molecule has 170 valence electrons. The second-order valence-corrected chi connectivity index (χ2v) is 11.2. The third-order valence-electron chi connectivity index (χ3n) is 7.15. The molecule has 0 aromatic heterocycles. The molecule has 0 bridgehead atoms. The molecule has 1 heterocycles. The molecule has 2 aromatic carbocycles. The van der Waals surface area contributed by atoms with Crippen molar-refractivity contribution in [3.63, 3.8) is 0 Å². The Hall–Kier alpha value is -2.27. The highest BCUT2D eigenvalue weighted by Gasteiger charge is 2.41. The number of benzene rings is 2. The zero-order chi connectivity index (χ0) is 22.9. The summed E-state index contributed by atoms with van der Waals surface area (Å²) in [6.07, 6.45) is 2.84. The van der Waals surface area contributed by atoms with Crippen LogP contribution in [0.2, 0.25) is 0 Å². The normalized spacial score (nSPS) is 30.5. The Kier molecular flexibility index (Phi) is 6.39. The van der Waals surface area contributed by atoms with Crippen molar-refractivity contribution in [1.29, 1.82) is 5.26 Å². The fourth-order valence-electron chi connectivity index (χ4n) is 5.05. The average molecular weight is 457 g/mol. The lowest BCUT2D eigenvalue weighted by Gasteiger charge is -2.37. The average Bonchev–Trinajstić information content (AvgIpc) is 2.79. The lowest BCUT2D eigenvalue weighted by molar-refractivity contribution is 0.109. The van der Waals surface area contributed by atoms with Gasteiger partial charge in [0, 0.05) is 18.2 Å². The second-order valence-electron chi connectivity index (χ2n) is 9.15. The zero-order valence-corrected chi connectivity index (χ0v) is 19.1. The topological polar surface area (TPSA) is 81.4 Å². The standard InChI is InChI=1S/C25H29FN2O3S/c1-18-7-10-24(19-5-3-2-4-6-19)32(30,31)28(18)16-20-8-9-21(15-23(20)26)25(17-27)13-11-22(29)12-14-25/h2-6,8-9,15,18,22,24,29H,7,10-14,16H2,1H3. The zero-order valence-electron chi connectivity index (χ0n) is 18.2. The highest BCUT2D eigenvalue weighted by molar-refractivity contribution is 7.89. The number of aliphatic hydroxyl groups excluding tert-OH is 1. The van der Waals surface area contributed by atoms with Crippen LogP contribution in [0.3, 0.4) is 0 Å². The molecule has 4 rings (SSSR count). The lowest BCUT2D eigenvalue weighted by Crippen LogP contribution is -2.44. The number of sulfonamides is 1. The van der Waals surface area contributed by atoms with Crippen LogP contribution in [0, 0.1) is 17.1 Å². The molecule has 1 N–H and O–H groups in total. The van der Waals surface area contributed by atoms with Gasteiger partial charge < -0.3 is 5.11 Å². The molecule has 1 saturated heterocycles. The molecular formula is C25H29FN2O3S. The van der Waals surface area contributed by atoms with Crippen molar-refractivity contribution in [3.8, 4) is 6.07 Å². The third kappa shape index (κ3) is 4.19. The van der Waals surface area contributed by atoms with E-state index in [0.717, 1.165) is 5.56 Å². The summed E-state index contributed by atoms with van der Waals surface area (Å²) in [4.78, 5) is 0. The molecule has 5 nitrogen and oxygen atoms in total. The van der Waals surface area contributed by atoms with Gasteiger partial charge in [-0.3, -0.25) is 0 Å². The third-order valence-corrected chi connectivity index (χ3v) is 9.52. The van der Waals surface area contributed by atoms with Crippen LogP contribution >= 0.6 is 0 Å². The largest absolute Gasteiger partial charge is 0.393 e. The maximum Gasteiger partial charge on any atom is 0.221 e. The van der Waals surface area contributed by atoms with Gasteiger partial charge in [-0.15, -0.1) is 0 Å². The van der Waals surface area contributed by atoms with Gasteiger partial charge >= 0.3 is 0 Å². The first-order chi connectivity index (χ1) is 15.3. The summed E-state index contributed by atoms with van der Waals surface area (Å²) in [6.45, 7) is 1.83.